The molecule has 0 saturated carbocycles. The standard InChI is InChI=1S/C57H70F2N10O8/c1-32(2)49(64-56(74)76-5)54(72)67-24-10-14-47(67)52(70)62-43-18-16-36(28-41(43)60)45-20-21-46(69(45)38-30-39(58)51(40(59)31-38)66-26-22-35(23-27-66)34-12-8-7-9-13-34)37-17-19-44(42(61)29-37)63-53(71)48-15-11-25-68(48)55(73)50(33(3)4)65-57(75)77-6/h7-9,12-13,16-19,22,28-33,45-50H,10-11,14-15,20-21,23-27,60-61H2,1-6H3,(H,62,70)(H,63,71)(H,64,74)(H,65,75)/t45-,46-,47+,48+,49+,50+/m1/s1. The van der Waals surface area contributed by atoms with Gasteiger partial charge in [-0.2, -0.15) is 0 Å². The van der Waals surface area contributed by atoms with Crippen molar-refractivity contribution in [1.29, 1.82) is 0 Å². The average molecular weight is 1060 g/mol. The van der Waals surface area contributed by atoms with Gasteiger partial charge in [-0.25, -0.2) is 18.4 Å². The van der Waals surface area contributed by atoms with Crippen LogP contribution in [0.3, 0.4) is 0 Å². The Morgan fingerprint density at radius 1 is 0.623 bits per heavy atom. The summed E-state index contributed by atoms with van der Waals surface area (Å²) >= 11 is 0. The number of hydrogen-bond acceptors (Lipinski definition) is 12. The van der Waals surface area contributed by atoms with E-state index in [2.05, 4.69) is 21.3 Å². The van der Waals surface area contributed by atoms with Crippen LogP contribution in [0.2, 0.25) is 0 Å². The van der Waals surface area contributed by atoms with E-state index in [0.717, 1.165) is 11.1 Å². The molecule has 8 N–H and O–H groups in total. The first kappa shape index (κ1) is 55.3. The number of hydrogen-bond donors (Lipinski definition) is 6. The Kier molecular flexibility index (Phi) is 17.2. The smallest absolute Gasteiger partial charge is 0.407 e. The van der Waals surface area contributed by atoms with Gasteiger partial charge in [0.1, 0.15) is 29.9 Å². The molecule has 410 valence electrons. The van der Waals surface area contributed by atoms with Gasteiger partial charge >= 0.3 is 12.2 Å². The van der Waals surface area contributed by atoms with E-state index in [-0.39, 0.29) is 34.6 Å². The van der Waals surface area contributed by atoms with Crippen LogP contribution < -0.4 is 42.5 Å². The van der Waals surface area contributed by atoms with Crippen molar-refractivity contribution < 1.29 is 47.0 Å². The van der Waals surface area contributed by atoms with Crippen molar-refractivity contribution in [1.82, 2.24) is 20.4 Å². The number of alkyl carbamates (subject to hydrolysis) is 2. The number of benzene rings is 4. The summed E-state index contributed by atoms with van der Waals surface area (Å²) in [7, 11) is 2.43. The second-order valence-electron chi connectivity index (χ2n) is 20.8. The molecule has 4 heterocycles. The predicted molar refractivity (Wildman–Crippen MR) is 292 cm³/mol. The average Bonchev–Trinajstić information content (AvgIpc) is 4.29. The van der Waals surface area contributed by atoms with Crippen LogP contribution in [0.5, 0.6) is 0 Å². The summed E-state index contributed by atoms with van der Waals surface area (Å²) in [6.07, 6.45) is 4.09. The molecule has 6 amide bonds. The van der Waals surface area contributed by atoms with Crippen LogP contribution in [0.1, 0.15) is 101 Å². The number of nitrogens with one attached hydrogen (secondary N) is 4. The normalized spacial score (nSPS) is 20.2. The van der Waals surface area contributed by atoms with Crippen LogP contribution in [0, 0.1) is 23.5 Å². The van der Waals surface area contributed by atoms with E-state index < -0.39 is 83.7 Å². The van der Waals surface area contributed by atoms with Crippen LogP contribution in [-0.2, 0) is 28.7 Å². The Bertz CT molecular complexity index is 2750. The second kappa shape index (κ2) is 24.0. The highest BCUT2D eigenvalue weighted by Crippen LogP contribution is 2.49. The first-order chi connectivity index (χ1) is 36.9. The fourth-order valence-corrected chi connectivity index (χ4v) is 11.2. The Labute approximate surface area is 447 Å². The molecule has 18 nitrogen and oxygen atoms in total. The largest absolute Gasteiger partial charge is 0.453 e. The molecule has 0 radical (unpaired) electrons. The van der Waals surface area contributed by atoms with Crippen LogP contribution in [0.4, 0.5) is 52.5 Å². The molecule has 6 atom stereocenters. The highest BCUT2D eigenvalue weighted by atomic mass is 19.1. The number of ether oxygens (including phenoxy) is 2. The minimum atomic E-state index is -0.906. The fraction of sp³-hybridized carbons (Fsp3) is 0.439. The van der Waals surface area contributed by atoms with Crippen molar-refractivity contribution in [3.8, 4) is 0 Å². The van der Waals surface area contributed by atoms with E-state index in [4.69, 9.17) is 20.9 Å². The third-order valence-corrected chi connectivity index (χ3v) is 15.3. The highest BCUT2D eigenvalue weighted by molar-refractivity contribution is 6.01. The number of nitrogens with two attached hydrogens (primary N) is 2. The molecule has 20 heteroatoms. The lowest BCUT2D eigenvalue weighted by atomic mass is 9.99. The van der Waals surface area contributed by atoms with Gasteiger partial charge in [0.15, 0.2) is 11.6 Å². The summed E-state index contributed by atoms with van der Waals surface area (Å²) in [5.41, 5.74) is 18.3. The minimum Gasteiger partial charge on any atom is -0.453 e. The Morgan fingerprint density at radius 3 is 1.49 bits per heavy atom. The minimum absolute atomic E-state index is 0.123. The molecule has 8 rings (SSSR count). The van der Waals surface area contributed by atoms with Gasteiger partial charge in [0, 0.05) is 31.9 Å². The molecular formula is C57H70F2N10O8. The lowest BCUT2D eigenvalue weighted by Gasteiger charge is -2.35. The number of anilines is 6. The summed E-state index contributed by atoms with van der Waals surface area (Å²) < 4.78 is 42.8. The zero-order valence-electron chi connectivity index (χ0n) is 44.4. The van der Waals surface area contributed by atoms with Crippen molar-refractivity contribution in [3.63, 3.8) is 0 Å². The van der Waals surface area contributed by atoms with Crippen molar-refractivity contribution in [3.05, 3.63) is 113 Å². The van der Waals surface area contributed by atoms with Crippen molar-refractivity contribution in [2.24, 2.45) is 11.8 Å². The summed E-state index contributed by atoms with van der Waals surface area (Å²) in [4.78, 5) is 86.0. The molecule has 3 fully saturated rings. The first-order valence-electron chi connectivity index (χ1n) is 26.4. The van der Waals surface area contributed by atoms with E-state index in [9.17, 15) is 28.8 Å². The maximum Gasteiger partial charge on any atom is 0.407 e. The molecular weight excluding hydrogens is 991 g/mol. The molecule has 4 aromatic carbocycles. The Hall–Kier alpha value is -7.90. The Morgan fingerprint density at radius 2 is 1.09 bits per heavy atom. The molecule has 77 heavy (non-hydrogen) atoms. The lowest BCUT2D eigenvalue weighted by Crippen LogP contribution is -2.54. The Balaban J connectivity index is 1.05. The summed E-state index contributed by atoms with van der Waals surface area (Å²) in [6, 6.07) is 18.6. The maximum atomic E-state index is 16.7. The first-order valence-corrected chi connectivity index (χ1v) is 26.4. The molecule has 0 spiro atoms. The van der Waals surface area contributed by atoms with Crippen LogP contribution >= 0.6 is 0 Å². The van der Waals surface area contributed by atoms with E-state index >= 15 is 8.78 Å². The number of likely N-dealkylation sites (tertiary alicyclic amines) is 2. The van der Waals surface area contributed by atoms with Crippen molar-refractivity contribution in [2.75, 3.05) is 72.3 Å². The van der Waals surface area contributed by atoms with Gasteiger partial charge in [-0.3, -0.25) is 19.2 Å². The van der Waals surface area contributed by atoms with E-state index in [1.807, 2.05) is 53.4 Å². The van der Waals surface area contributed by atoms with Gasteiger partial charge in [-0.05, 0) is 115 Å². The van der Waals surface area contributed by atoms with Crippen LogP contribution in [-0.4, -0.2) is 110 Å². The number of amides is 6. The molecule has 0 aromatic heterocycles. The second-order valence-corrected chi connectivity index (χ2v) is 20.8. The van der Waals surface area contributed by atoms with Crippen LogP contribution in [0.25, 0.3) is 5.57 Å². The topological polar surface area (TPSA) is 234 Å². The molecule has 0 bridgehead atoms. The van der Waals surface area contributed by atoms with Gasteiger partial charge in [-0.1, -0.05) is 76.2 Å². The highest BCUT2D eigenvalue weighted by Gasteiger charge is 2.42. The van der Waals surface area contributed by atoms with Crippen molar-refractivity contribution in [2.45, 2.75) is 109 Å². The maximum absolute atomic E-state index is 16.7. The van der Waals surface area contributed by atoms with Gasteiger partial charge < -0.3 is 61.8 Å². The third kappa shape index (κ3) is 12.1. The predicted octanol–water partition coefficient (Wildman–Crippen LogP) is 8.13. The quantitative estimate of drug-likeness (QED) is 0.0620. The number of carbonyl (C=O) groups excluding carboxylic acids is 6. The van der Waals surface area contributed by atoms with E-state index in [1.165, 1.54) is 36.2 Å². The van der Waals surface area contributed by atoms with Gasteiger partial charge in [0.05, 0.1) is 49.1 Å². The molecule has 0 unspecified atom stereocenters. The number of carbonyl (C=O) groups is 6. The molecule has 3 saturated heterocycles. The molecule has 4 aromatic rings. The number of methoxy groups -OCH3 is 2. The zero-order valence-corrected chi connectivity index (χ0v) is 44.4. The number of nitrogen functional groups attached to an aromatic ring is 2. The summed E-state index contributed by atoms with van der Waals surface area (Å²) in [6.45, 7) is 8.54. The molecule has 0 aliphatic carbocycles. The van der Waals surface area contributed by atoms with Gasteiger partial charge in [-0.15, -0.1) is 0 Å². The number of halogens is 2. The monoisotopic (exact) mass is 1060 g/mol. The van der Waals surface area contributed by atoms with Crippen LogP contribution in [0.15, 0.2) is 84.9 Å². The molecule has 4 aliphatic heterocycles. The fourth-order valence-electron chi connectivity index (χ4n) is 11.2. The lowest BCUT2D eigenvalue weighted by molar-refractivity contribution is -0.139. The summed E-state index contributed by atoms with van der Waals surface area (Å²) in [5.74, 6) is -3.69. The van der Waals surface area contributed by atoms with E-state index in [0.29, 0.717) is 93.6 Å². The zero-order chi connectivity index (χ0) is 55.2. The number of nitrogens with zero attached hydrogens (tertiary/aromatic N) is 4. The molecule has 4 aliphatic rings. The van der Waals surface area contributed by atoms with E-state index in [1.54, 1.807) is 56.9 Å². The van der Waals surface area contributed by atoms with Gasteiger partial charge in [0.2, 0.25) is 23.6 Å². The SMILES string of the molecule is COC(=O)N[C@H](C(=O)N1CCC[C@H]1C(=O)Nc1ccc([C@H]2CC[C@H](c3ccc(NC(=O)[C@@H]4CCCN4C(=O)[C@@H](NC(=O)OC)C(C)C)c(N)c3)N2c2cc(F)c(N3CC=C(c4ccccc4)CC3)c(F)c2)cc1N)C(C)C. The third-order valence-electron chi connectivity index (χ3n) is 15.3. The van der Waals surface area contributed by atoms with Crippen molar-refractivity contribution >= 4 is 75.5 Å². The van der Waals surface area contributed by atoms with Gasteiger partial charge in [0.25, 0.3) is 0 Å². The summed E-state index contributed by atoms with van der Waals surface area (Å²) in [5, 5.41) is 11.0. The number of rotatable bonds is 15.